The van der Waals surface area contributed by atoms with Crippen molar-refractivity contribution in [3.8, 4) is 0 Å². The molecule has 0 radical (unpaired) electrons. The molecular formula is C18H18N2O2S. The monoisotopic (exact) mass is 326 g/mol. The van der Waals surface area contributed by atoms with E-state index in [0.29, 0.717) is 6.54 Å². The molecule has 0 atom stereocenters. The molecule has 3 heterocycles. The van der Waals surface area contributed by atoms with Crippen LogP contribution in [-0.4, -0.2) is 36.7 Å². The highest BCUT2D eigenvalue weighted by Gasteiger charge is 2.32. The van der Waals surface area contributed by atoms with E-state index in [2.05, 4.69) is 23.2 Å². The number of piperidine rings is 1. The Labute approximate surface area is 139 Å². The van der Waals surface area contributed by atoms with Crippen molar-refractivity contribution < 1.29 is 9.53 Å². The van der Waals surface area contributed by atoms with Gasteiger partial charge in [0.1, 0.15) is 6.54 Å². The minimum absolute atomic E-state index is 0.0762. The van der Waals surface area contributed by atoms with Gasteiger partial charge in [-0.25, -0.2) is 0 Å². The lowest BCUT2D eigenvalue weighted by Crippen LogP contribution is -2.37. The molecule has 23 heavy (non-hydrogen) atoms. The summed E-state index contributed by atoms with van der Waals surface area (Å²) in [5.74, 6) is 1.14. The average Bonchev–Trinajstić information content (AvgIpc) is 3.06. The zero-order chi connectivity index (χ0) is 15.8. The molecule has 0 N–H and O–H groups in total. The van der Waals surface area contributed by atoms with Crippen molar-refractivity contribution >= 4 is 23.0 Å². The van der Waals surface area contributed by atoms with E-state index in [9.17, 15) is 4.79 Å². The van der Waals surface area contributed by atoms with Gasteiger partial charge in [-0.15, -0.1) is 11.3 Å². The zero-order valence-electron chi connectivity index (χ0n) is 13.0. The maximum atomic E-state index is 12.5. The molecule has 1 saturated heterocycles. The van der Waals surface area contributed by atoms with Gasteiger partial charge in [0.2, 0.25) is 5.91 Å². The second kappa shape index (κ2) is 5.81. The first-order valence-corrected chi connectivity index (χ1v) is 8.73. The molecule has 0 unspecified atom stereocenters. The number of aliphatic imine (C=N–C) groups is 1. The largest absolute Gasteiger partial charge is 0.501 e. The quantitative estimate of drug-likeness (QED) is 0.837. The standard InChI is InChI=1S/C18H18N2O2S/c1-22-16-5-2-4-12-13(16)7-8-20-15(12)10-14(19-11-18(20)21)17-6-3-9-23-17/h3-4,6,9-10H,2,5,7-8,11H2,1H3. The molecule has 1 aliphatic carbocycles. The molecular weight excluding hydrogens is 308 g/mol. The molecule has 1 aromatic heterocycles. The van der Waals surface area contributed by atoms with Crippen LogP contribution >= 0.6 is 11.3 Å². The van der Waals surface area contributed by atoms with Crippen molar-refractivity contribution in [2.75, 3.05) is 20.2 Å². The highest BCUT2D eigenvalue weighted by Crippen LogP contribution is 2.39. The van der Waals surface area contributed by atoms with Gasteiger partial charge in [-0.2, -0.15) is 0 Å². The first-order valence-electron chi connectivity index (χ1n) is 7.85. The van der Waals surface area contributed by atoms with Crippen LogP contribution in [0.4, 0.5) is 0 Å². The van der Waals surface area contributed by atoms with Gasteiger partial charge in [0.15, 0.2) is 0 Å². The molecule has 1 amide bonds. The number of amides is 1. The normalized spacial score (nSPS) is 21.0. The lowest BCUT2D eigenvalue weighted by atomic mass is 9.87. The van der Waals surface area contributed by atoms with E-state index >= 15 is 0 Å². The molecule has 0 spiro atoms. The molecule has 0 saturated carbocycles. The number of methoxy groups -OCH3 is 1. The summed E-state index contributed by atoms with van der Waals surface area (Å²) in [5.41, 5.74) is 4.29. The highest BCUT2D eigenvalue weighted by molar-refractivity contribution is 7.12. The third-order valence-electron chi connectivity index (χ3n) is 4.51. The number of rotatable bonds is 2. The molecule has 0 bridgehead atoms. The Morgan fingerprint density at radius 3 is 3.04 bits per heavy atom. The van der Waals surface area contributed by atoms with E-state index in [0.717, 1.165) is 46.9 Å². The van der Waals surface area contributed by atoms with Crippen LogP contribution in [0.5, 0.6) is 0 Å². The summed E-state index contributed by atoms with van der Waals surface area (Å²) in [7, 11) is 1.74. The predicted octanol–water partition coefficient (Wildman–Crippen LogP) is 3.29. The van der Waals surface area contributed by atoms with E-state index in [4.69, 9.17) is 4.74 Å². The summed E-state index contributed by atoms with van der Waals surface area (Å²) < 4.78 is 5.58. The van der Waals surface area contributed by atoms with Crippen molar-refractivity contribution in [2.45, 2.75) is 19.3 Å². The summed E-state index contributed by atoms with van der Waals surface area (Å²) in [6.45, 7) is 0.925. The molecule has 1 aromatic rings. The van der Waals surface area contributed by atoms with E-state index in [1.165, 1.54) is 5.57 Å². The Hall–Kier alpha value is -2.14. The molecule has 1 fully saturated rings. The minimum atomic E-state index is 0.0762. The van der Waals surface area contributed by atoms with Crippen molar-refractivity contribution in [1.29, 1.82) is 0 Å². The van der Waals surface area contributed by atoms with Crippen LogP contribution < -0.4 is 0 Å². The molecule has 5 heteroatoms. The van der Waals surface area contributed by atoms with Crippen molar-refractivity contribution in [3.05, 3.63) is 57.1 Å². The number of ether oxygens (including phenoxy) is 1. The smallest absolute Gasteiger partial charge is 0.248 e. The maximum absolute atomic E-state index is 12.5. The second-order valence-corrected chi connectivity index (χ2v) is 6.71. The first-order chi connectivity index (χ1) is 11.3. The fourth-order valence-electron chi connectivity index (χ4n) is 3.42. The van der Waals surface area contributed by atoms with Gasteiger partial charge in [0, 0.05) is 24.1 Å². The summed E-state index contributed by atoms with van der Waals surface area (Å²) in [6, 6.07) is 4.07. The number of allylic oxidation sites excluding steroid dienone is 4. The average molecular weight is 326 g/mol. The van der Waals surface area contributed by atoms with Gasteiger partial charge < -0.3 is 9.64 Å². The van der Waals surface area contributed by atoms with Gasteiger partial charge in [-0.3, -0.25) is 9.79 Å². The second-order valence-electron chi connectivity index (χ2n) is 5.77. The van der Waals surface area contributed by atoms with E-state index < -0.39 is 0 Å². The number of carbonyl (C=O) groups is 1. The van der Waals surface area contributed by atoms with E-state index in [1.54, 1.807) is 18.4 Å². The fraction of sp³-hybridized carbons (Fsp3) is 0.333. The third-order valence-corrected chi connectivity index (χ3v) is 5.41. The van der Waals surface area contributed by atoms with Crippen LogP contribution in [0, 0.1) is 0 Å². The fourth-order valence-corrected chi connectivity index (χ4v) is 4.13. The topological polar surface area (TPSA) is 41.9 Å². The van der Waals surface area contributed by atoms with E-state index in [1.807, 2.05) is 16.3 Å². The van der Waals surface area contributed by atoms with Crippen LogP contribution in [0.1, 0.15) is 24.1 Å². The number of thiophene rings is 1. The number of nitrogens with zero attached hydrogens (tertiary/aromatic N) is 2. The number of hydrogen-bond acceptors (Lipinski definition) is 4. The summed E-state index contributed by atoms with van der Waals surface area (Å²) in [6.07, 6.45) is 7.06. The number of fused-ring (bicyclic) bond motifs is 3. The zero-order valence-corrected chi connectivity index (χ0v) is 13.9. The molecule has 3 aliphatic rings. The van der Waals surface area contributed by atoms with Crippen LogP contribution in [0.2, 0.25) is 0 Å². The minimum Gasteiger partial charge on any atom is -0.501 e. The van der Waals surface area contributed by atoms with Crippen LogP contribution in [-0.2, 0) is 9.53 Å². The Morgan fingerprint density at radius 2 is 2.26 bits per heavy atom. The summed E-state index contributed by atoms with van der Waals surface area (Å²) >= 11 is 1.65. The highest BCUT2D eigenvalue weighted by atomic mass is 32.1. The lowest BCUT2D eigenvalue weighted by molar-refractivity contribution is -0.127. The maximum Gasteiger partial charge on any atom is 0.248 e. The van der Waals surface area contributed by atoms with Crippen LogP contribution in [0.25, 0.3) is 0 Å². The Morgan fingerprint density at radius 1 is 1.35 bits per heavy atom. The molecule has 4 nitrogen and oxygen atoms in total. The SMILES string of the molecule is COC1=C2CCN3C(=O)CN=C(c4cccs4)C=C3C2=CCC1. The van der Waals surface area contributed by atoms with Gasteiger partial charge in [0.25, 0.3) is 0 Å². The summed E-state index contributed by atoms with van der Waals surface area (Å²) in [4.78, 5) is 20.0. The molecule has 0 aromatic carbocycles. The van der Waals surface area contributed by atoms with Gasteiger partial charge in [-0.05, 0) is 30.4 Å². The van der Waals surface area contributed by atoms with Gasteiger partial charge in [-0.1, -0.05) is 12.1 Å². The van der Waals surface area contributed by atoms with Gasteiger partial charge in [0.05, 0.1) is 29.2 Å². The third kappa shape index (κ3) is 2.45. The van der Waals surface area contributed by atoms with Crippen molar-refractivity contribution in [3.63, 3.8) is 0 Å². The number of hydrogen-bond donors (Lipinski definition) is 0. The van der Waals surface area contributed by atoms with Crippen LogP contribution in [0.15, 0.2) is 57.3 Å². The Kier molecular flexibility index (Phi) is 3.65. The molecule has 118 valence electrons. The molecule has 4 rings (SSSR count). The Balaban J connectivity index is 1.82. The molecule has 2 aliphatic heterocycles. The van der Waals surface area contributed by atoms with Crippen LogP contribution in [0.3, 0.4) is 0 Å². The van der Waals surface area contributed by atoms with E-state index in [-0.39, 0.29) is 12.5 Å². The first kappa shape index (κ1) is 14.5. The van der Waals surface area contributed by atoms with Crippen molar-refractivity contribution in [2.24, 2.45) is 4.99 Å². The number of carbonyl (C=O) groups excluding carboxylic acids is 1. The Bertz CT molecular complexity index is 769. The lowest BCUT2D eigenvalue weighted by Gasteiger charge is -2.35. The summed E-state index contributed by atoms with van der Waals surface area (Å²) in [5, 5.41) is 2.04. The predicted molar refractivity (Wildman–Crippen MR) is 91.5 cm³/mol. The van der Waals surface area contributed by atoms with Crippen molar-refractivity contribution in [1.82, 2.24) is 4.90 Å². The van der Waals surface area contributed by atoms with Gasteiger partial charge >= 0.3 is 0 Å².